The highest BCUT2D eigenvalue weighted by Crippen LogP contribution is 2.32. The zero-order chi connectivity index (χ0) is 11.7. The summed E-state index contributed by atoms with van der Waals surface area (Å²) in [5.41, 5.74) is 1.37. The molecular formula is C14H14BrNO. The van der Waals surface area contributed by atoms with Crippen molar-refractivity contribution in [2.45, 2.75) is 18.8 Å². The molecule has 0 unspecified atom stereocenters. The first-order valence-electron chi connectivity index (χ1n) is 5.95. The van der Waals surface area contributed by atoms with Gasteiger partial charge in [0.1, 0.15) is 0 Å². The van der Waals surface area contributed by atoms with Crippen molar-refractivity contribution in [1.82, 2.24) is 4.98 Å². The van der Waals surface area contributed by atoms with Crippen LogP contribution >= 0.6 is 15.9 Å². The molecule has 0 bridgehead atoms. The van der Waals surface area contributed by atoms with E-state index < -0.39 is 0 Å². The quantitative estimate of drug-likeness (QED) is 0.795. The van der Waals surface area contributed by atoms with Crippen LogP contribution in [0.1, 0.15) is 24.3 Å². The molecule has 0 saturated carbocycles. The van der Waals surface area contributed by atoms with Crippen LogP contribution in [-0.4, -0.2) is 18.2 Å². The molecule has 3 heteroatoms. The molecule has 2 heterocycles. The molecule has 0 radical (unpaired) electrons. The number of halogens is 1. The molecule has 17 heavy (non-hydrogen) atoms. The lowest BCUT2D eigenvalue weighted by Crippen LogP contribution is -2.14. The van der Waals surface area contributed by atoms with Crippen molar-refractivity contribution in [2.24, 2.45) is 0 Å². The molecule has 3 rings (SSSR count). The predicted octanol–water partition coefficient (Wildman–Crippen LogP) is 3.89. The zero-order valence-electron chi connectivity index (χ0n) is 9.53. The van der Waals surface area contributed by atoms with Crippen LogP contribution in [0.25, 0.3) is 10.8 Å². The summed E-state index contributed by atoms with van der Waals surface area (Å²) in [7, 11) is 0. The Bertz CT molecular complexity index is 535. The highest BCUT2D eigenvalue weighted by molar-refractivity contribution is 9.10. The van der Waals surface area contributed by atoms with Crippen molar-refractivity contribution < 1.29 is 4.74 Å². The van der Waals surface area contributed by atoms with Gasteiger partial charge in [0.2, 0.25) is 0 Å². The summed E-state index contributed by atoms with van der Waals surface area (Å²) in [4.78, 5) is 4.36. The van der Waals surface area contributed by atoms with E-state index in [0.717, 1.165) is 30.5 Å². The molecule has 0 amide bonds. The second kappa shape index (κ2) is 4.75. The van der Waals surface area contributed by atoms with Crippen LogP contribution in [0.2, 0.25) is 0 Å². The van der Waals surface area contributed by atoms with E-state index in [0.29, 0.717) is 5.92 Å². The minimum Gasteiger partial charge on any atom is -0.381 e. The average molecular weight is 292 g/mol. The van der Waals surface area contributed by atoms with Crippen LogP contribution < -0.4 is 0 Å². The lowest BCUT2D eigenvalue weighted by atomic mass is 9.90. The van der Waals surface area contributed by atoms with Crippen molar-refractivity contribution in [2.75, 3.05) is 13.2 Å². The van der Waals surface area contributed by atoms with Gasteiger partial charge in [-0.25, -0.2) is 0 Å². The third-order valence-electron chi connectivity index (χ3n) is 3.41. The third kappa shape index (κ3) is 2.22. The zero-order valence-corrected chi connectivity index (χ0v) is 11.1. The first-order chi connectivity index (χ1) is 8.34. The Kier molecular flexibility index (Phi) is 3.12. The Hall–Kier alpha value is -0.930. The van der Waals surface area contributed by atoms with Gasteiger partial charge in [-0.1, -0.05) is 22.0 Å². The monoisotopic (exact) mass is 291 g/mol. The molecule has 0 atom stereocenters. The van der Waals surface area contributed by atoms with Gasteiger partial charge in [-0.15, -0.1) is 0 Å². The van der Waals surface area contributed by atoms with E-state index in [4.69, 9.17) is 4.74 Å². The molecule has 88 valence electrons. The molecule has 0 spiro atoms. The van der Waals surface area contributed by atoms with Gasteiger partial charge in [-0.05, 0) is 41.8 Å². The van der Waals surface area contributed by atoms with Crippen molar-refractivity contribution in [3.63, 3.8) is 0 Å². The lowest BCUT2D eigenvalue weighted by molar-refractivity contribution is 0.0855. The van der Waals surface area contributed by atoms with Crippen molar-refractivity contribution in [1.29, 1.82) is 0 Å². The number of hydrogen-bond donors (Lipinski definition) is 0. The largest absolute Gasteiger partial charge is 0.381 e. The van der Waals surface area contributed by atoms with Crippen LogP contribution in [-0.2, 0) is 4.74 Å². The first kappa shape index (κ1) is 11.2. The summed E-state index contributed by atoms with van der Waals surface area (Å²) in [6, 6.07) is 6.38. The summed E-state index contributed by atoms with van der Waals surface area (Å²) < 4.78 is 6.56. The van der Waals surface area contributed by atoms with Crippen LogP contribution in [0.3, 0.4) is 0 Å². The number of rotatable bonds is 1. The van der Waals surface area contributed by atoms with Crippen LogP contribution in [0.5, 0.6) is 0 Å². The topological polar surface area (TPSA) is 22.1 Å². The maximum atomic E-state index is 5.43. The Morgan fingerprint density at radius 2 is 2.00 bits per heavy atom. The van der Waals surface area contributed by atoms with Crippen LogP contribution in [0.4, 0.5) is 0 Å². The standard InChI is InChI=1S/C14H14BrNO/c15-12-2-1-11-8-16-9-14(13(11)7-12)10-3-5-17-6-4-10/h1-2,7-10H,3-6H2. The number of pyridine rings is 1. The average Bonchev–Trinajstić information content (AvgIpc) is 2.39. The number of fused-ring (bicyclic) bond motifs is 1. The van der Waals surface area contributed by atoms with Gasteiger partial charge >= 0.3 is 0 Å². The SMILES string of the molecule is Brc1ccc2cncc(C3CCOCC3)c2c1. The normalized spacial score (nSPS) is 17.5. The third-order valence-corrected chi connectivity index (χ3v) is 3.91. The Balaban J connectivity index is 2.11. The fraction of sp³-hybridized carbons (Fsp3) is 0.357. The van der Waals surface area contributed by atoms with E-state index in [2.05, 4.69) is 39.1 Å². The Morgan fingerprint density at radius 1 is 1.18 bits per heavy atom. The molecule has 2 nitrogen and oxygen atoms in total. The number of ether oxygens (including phenoxy) is 1. The van der Waals surface area contributed by atoms with Crippen molar-refractivity contribution in [3.05, 3.63) is 40.6 Å². The predicted molar refractivity (Wildman–Crippen MR) is 72.2 cm³/mol. The van der Waals surface area contributed by atoms with Gasteiger partial charge < -0.3 is 4.74 Å². The molecular weight excluding hydrogens is 278 g/mol. The summed E-state index contributed by atoms with van der Waals surface area (Å²) in [6.07, 6.45) is 6.16. The maximum Gasteiger partial charge on any atom is 0.0471 e. The number of benzene rings is 1. The molecule has 0 aliphatic carbocycles. The van der Waals surface area contributed by atoms with E-state index in [1.54, 1.807) is 0 Å². The number of hydrogen-bond acceptors (Lipinski definition) is 2. The summed E-state index contributed by atoms with van der Waals surface area (Å²) >= 11 is 3.55. The lowest BCUT2D eigenvalue weighted by Gasteiger charge is -2.23. The van der Waals surface area contributed by atoms with E-state index in [1.165, 1.54) is 16.3 Å². The molecule has 1 aromatic heterocycles. The second-order valence-electron chi connectivity index (χ2n) is 4.48. The fourth-order valence-electron chi connectivity index (χ4n) is 2.49. The van der Waals surface area contributed by atoms with Gasteiger partial charge in [-0.3, -0.25) is 4.98 Å². The van der Waals surface area contributed by atoms with Gasteiger partial charge in [0.05, 0.1) is 0 Å². The van der Waals surface area contributed by atoms with Gasteiger partial charge in [0.25, 0.3) is 0 Å². The van der Waals surface area contributed by atoms with E-state index in [1.807, 2.05) is 12.4 Å². The molecule has 1 aliphatic rings. The van der Waals surface area contributed by atoms with E-state index in [-0.39, 0.29) is 0 Å². The van der Waals surface area contributed by atoms with E-state index >= 15 is 0 Å². The maximum absolute atomic E-state index is 5.43. The Morgan fingerprint density at radius 3 is 2.82 bits per heavy atom. The highest BCUT2D eigenvalue weighted by Gasteiger charge is 2.18. The highest BCUT2D eigenvalue weighted by atomic mass is 79.9. The van der Waals surface area contributed by atoms with Gasteiger partial charge in [0, 0.05) is 35.5 Å². The smallest absolute Gasteiger partial charge is 0.0471 e. The number of nitrogens with zero attached hydrogens (tertiary/aromatic N) is 1. The minimum absolute atomic E-state index is 0.592. The second-order valence-corrected chi connectivity index (χ2v) is 5.40. The molecule has 1 fully saturated rings. The summed E-state index contributed by atoms with van der Waals surface area (Å²) in [5, 5.41) is 2.54. The molecule has 1 aliphatic heterocycles. The van der Waals surface area contributed by atoms with Crippen molar-refractivity contribution >= 4 is 26.7 Å². The number of aromatic nitrogens is 1. The summed E-state index contributed by atoms with van der Waals surface area (Å²) in [5.74, 6) is 0.592. The van der Waals surface area contributed by atoms with Gasteiger partial charge in [-0.2, -0.15) is 0 Å². The summed E-state index contributed by atoms with van der Waals surface area (Å²) in [6.45, 7) is 1.74. The van der Waals surface area contributed by atoms with Crippen LogP contribution in [0, 0.1) is 0 Å². The van der Waals surface area contributed by atoms with Gasteiger partial charge in [0.15, 0.2) is 0 Å². The van der Waals surface area contributed by atoms with Crippen LogP contribution in [0.15, 0.2) is 35.1 Å². The molecule has 2 aromatic rings. The molecule has 0 N–H and O–H groups in total. The molecule has 1 aromatic carbocycles. The Labute approximate surface area is 109 Å². The molecule has 1 saturated heterocycles. The van der Waals surface area contributed by atoms with Crippen molar-refractivity contribution in [3.8, 4) is 0 Å². The van der Waals surface area contributed by atoms with E-state index in [9.17, 15) is 0 Å². The fourth-order valence-corrected chi connectivity index (χ4v) is 2.85. The minimum atomic E-state index is 0.592. The first-order valence-corrected chi connectivity index (χ1v) is 6.75.